The van der Waals surface area contributed by atoms with Gasteiger partial charge in [0.25, 0.3) is 0 Å². The molecule has 2 N–H and O–H groups in total. The van der Waals surface area contributed by atoms with E-state index in [4.69, 9.17) is 5.73 Å². The Bertz CT molecular complexity index is 358. The van der Waals surface area contributed by atoms with E-state index in [1.165, 1.54) is 0 Å². The molecule has 3 nitrogen and oxygen atoms in total. The third-order valence-electron chi connectivity index (χ3n) is 2.07. The molecule has 0 aromatic carbocycles. The number of pyridine rings is 1. The molecule has 15 heavy (non-hydrogen) atoms. The summed E-state index contributed by atoms with van der Waals surface area (Å²) in [6.07, 6.45) is 1.72. The van der Waals surface area contributed by atoms with Crippen LogP contribution in [0.15, 0.2) is 18.3 Å². The van der Waals surface area contributed by atoms with Crippen LogP contribution in [0.1, 0.15) is 32.0 Å². The largest absolute Gasteiger partial charge is 0.325 e. The van der Waals surface area contributed by atoms with Gasteiger partial charge in [0.1, 0.15) is 0 Å². The van der Waals surface area contributed by atoms with Gasteiger partial charge in [0.05, 0.1) is 5.69 Å². The van der Waals surface area contributed by atoms with Gasteiger partial charge in [-0.3, -0.25) is 9.19 Å². The van der Waals surface area contributed by atoms with Crippen LogP contribution in [0.4, 0.5) is 0 Å². The molecule has 1 unspecified atom stereocenters. The van der Waals surface area contributed by atoms with Gasteiger partial charge in [-0.15, -0.1) is 0 Å². The average molecular weight is 226 g/mol. The molecule has 0 bridgehead atoms. The molecule has 1 rings (SSSR count). The maximum absolute atomic E-state index is 11.9. The van der Waals surface area contributed by atoms with E-state index in [9.17, 15) is 4.21 Å². The first-order valence-corrected chi connectivity index (χ1v) is 6.27. The van der Waals surface area contributed by atoms with Crippen molar-refractivity contribution in [2.75, 3.05) is 0 Å². The van der Waals surface area contributed by atoms with Gasteiger partial charge in [0, 0.05) is 34.0 Å². The van der Waals surface area contributed by atoms with Crippen LogP contribution in [0.25, 0.3) is 0 Å². The van der Waals surface area contributed by atoms with Crippen molar-refractivity contribution in [1.82, 2.24) is 4.98 Å². The summed E-state index contributed by atoms with van der Waals surface area (Å²) in [6.45, 7) is 6.37. The second-order valence-electron chi connectivity index (χ2n) is 4.46. The zero-order valence-electron chi connectivity index (χ0n) is 9.49. The monoisotopic (exact) mass is 226 g/mol. The molecule has 0 spiro atoms. The minimum Gasteiger partial charge on any atom is -0.325 e. The van der Waals surface area contributed by atoms with Crippen molar-refractivity contribution in [2.45, 2.75) is 37.8 Å². The van der Waals surface area contributed by atoms with Crippen LogP contribution >= 0.6 is 0 Å². The maximum atomic E-state index is 11.9. The number of nitrogens with two attached hydrogens (primary N) is 1. The maximum Gasteiger partial charge on any atom is 0.0542 e. The number of hydrogen-bond acceptors (Lipinski definition) is 3. The van der Waals surface area contributed by atoms with Crippen LogP contribution in [-0.2, 0) is 23.1 Å². The lowest BCUT2D eigenvalue weighted by molar-refractivity contribution is 0.648. The summed E-state index contributed by atoms with van der Waals surface area (Å²) in [5, 5.41) is 0. The van der Waals surface area contributed by atoms with Crippen LogP contribution < -0.4 is 5.73 Å². The average Bonchev–Trinajstić information content (AvgIpc) is 2.16. The smallest absolute Gasteiger partial charge is 0.0542 e. The number of aromatic nitrogens is 1. The quantitative estimate of drug-likeness (QED) is 0.851. The van der Waals surface area contributed by atoms with Gasteiger partial charge in [-0.2, -0.15) is 0 Å². The highest BCUT2D eigenvalue weighted by atomic mass is 32.2. The molecule has 84 valence electrons. The normalized spacial score (nSPS) is 13.9. The van der Waals surface area contributed by atoms with Gasteiger partial charge < -0.3 is 5.73 Å². The van der Waals surface area contributed by atoms with Crippen LogP contribution in [0.2, 0.25) is 0 Å². The summed E-state index contributed by atoms with van der Waals surface area (Å²) in [6, 6.07) is 3.81. The summed E-state index contributed by atoms with van der Waals surface area (Å²) >= 11 is 0. The molecule has 0 aliphatic rings. The topological polar surface area (TPSA) is 56.0 Å². The lowest BCUT2D eigenvalue weighted by Crippen LogP contribution is -2.23. The Morgan fingerprint density at radius 1 is 1.47 bits per heavy atom. The Kier molecular flexibility index (Phi) is 3.99. The van der Waals surface area contributed by atoms with Crippen LogP contribution in [0, 0.1) is 0 Å². The SMILES string of the molecule is CC(C)(C)S(=O)Cc1ccnc(CN)c1. The van der Waals surface area contributed by atoms with Gasteiger partial charge >= 0.3 is 0 Å². The fourth-order valence-electron chi connectivity index (χ4n) is 1.10. The first kappa shape index (κ1) is 12.3. The van der Waals surface area contributed by atoms with E-state index in [-0.39, 0.29) is 4.75 Å². The summed E-state index contributed by atoms with van der Waals surface area (Å²) in [5.41, 5.74) is 7.38. The number of rotatable bonds is 3. The molecule has 4 heteroatoms. The van der Waals surface area contributed by atoms with Crippen LogP contribution in [0.5, 0.6) is 0 Å². The minimum absolute atomic E-state index is 0.174. The molecule has 0 amide bonds. The Labute approximate surface area is 93.6 Å². The van der Waals surface area contributed by atoms with E-state index >= 15 is 0 Å². The van der Waals surface area contributed by atoms with Crippen molar-refractivity contribution in [3.05, 3.63) is 29.6 Å². The van der Waals surface area contributed by atoms with Crippen molar-refractivity contribution >= 4 is 10.8 Å². The number of nitrogens with zero attached hydrogens (tertiary/aromatic N) is 1. The van der Waals surface area contributed by atoms with Gasteiger partial charge in [0.15, 0.2) is 0 Å². The zero-order valence-corrected chi connectivity index (χ0v) is 10.3. The molecule has 1 atom stereocenters. The highest BCUT2D eigenvalue weighted by molar-refractivity contribution is 7.85. The van der Waals surface area contributed by atoms with Gasteiger partial charge in [-0.25, -0.2) is 0 Å². The van der Waals surface area contributed by atoms with E-state index in [0.717, 1.165) is 11.3 Å². The van der Waals surface area contributed by atoms with E-state index < -0.39 is 10.8 Å². The fraction of sp³-hybridized carbons (Fsp3) is 0.545. The van der Waals surface area contributed by atoms with Crippen LogP contribution in [0.3, 0.4) is 0 Å². The lowest BCUT2D eigenvalue weighted by atomic mass is 10.2. The second kappa shape index (κ2) is 4.86. The van der Waals surface area contributed by atoms with Crippen LogP contribution in [-0.4, -0.2) is 13.9 Å². The molecule has 0 saturated heterocycles. The van der Waals surface area contributed by atoms with E-state index in [1.54, 1.807) is 6.20 Å². The first-order valence-electron chi connectivity index (χ1n) is 4.96. The van der Waals surface area contributed by atoms with Crippen molar-refractivity contribution in [1.29, 1.82) is 0 Å². The predicted molar refractivity (Wildman–Crippen MR) is 63.7 cm³/mol. The first-order chi connectivity index (χ1) is 6.93. The third kappa shape index (κ3) is 3.72. The molecule has 0 radical (unpaired) electrons. The molecule has 0 saturated carbocycles. The Morgan fingerprint density at radius 2 is 2.13 bits per heavy atom. The zero-order chi connectivity index (χ0) is 11.5. The predicted octanol–water partition coefficient (Wildman–Crippen LogP) is 1.59. The molecule has 1 aromatic heterocycles. The molecule has 1 aromatic rings. The minimum atomic E-state index is -0.867. The Hall–Kier alpha value is -0.740. The van der Waals surface area contributed by atoms with E-state index in [0.29, 0.717) is 12.3 Å². The highest BCUT2D eigenvalue weighted by Crippen LogP contribution is 2.16. The molecular weight excluding hydrogens is 208 g/mol. The molecule has 0 fully saturated rings. The van der Waals surface area contributed by atoms with E-state index in [1.807, 2.05) is 32.9 Å². The molecule has 0 aliphatic carbocycles. The molecular formula is C11H18N2OS. The summed E-state index contributed by atoms with van der Waals surface area (Å²) in [5.74, 6) is 0.568. The van der Waals surface area contributed by atoms with Gasteiger partial charge in [-0.05, 0) is 38.5 Å². The molecule has 1 heterocycles. The standard InChI is InChI=1S/C11H18N2OS/c1-11(2,3)15(14)8-9-4-5-13-10(6-9)7-12/h4-6H,7-8,12H2,1-3H3. The van der Waals surface area contributed by atoms with Crippen molar-refractivity contribution < 1.29 is 4.21 Å². The van der Waals surface area contributed by atoms with Gasteiger partial charge in [-0.1, -0.05) is 0 Å². The van der Waals surface area contributed by atoms with Crippen molar-refractivity contribution in [2.24, 2.45) is 5.73 Å². The summed E-state index contributed by atoms with van der Waals surface area (Å²) in [7, 11) is -0.867. The highest BCUT2D eigenvalue weighted by Gasteiger charge is 2.19. The van der Waals surface area contributed by atoms with Crippen molar-refractivity contribution in [3.63, 3.8) is 0 Å². The summed E-state index contributed by atoms with van der Waals surface area (Å²) < 4.78 is 11.7. The third-order valence-corrected chi connectivity index (χ3v) is 4.03. The lowest BCUT2D eigenvalue weighted by Gasteiger charge is -2.17. The van der Waals surface area contributed by atoms with Crippen molar-refractivity contribution in [3.8, 4) is 0 Å². The summed E-state index contributed by atoms with van der Waals surface area (Å²) in [4.78, 5) is 4.10. The Morgan fingerprint density at radius 3 is 2.67 bits per heavy atom. The number of hydrogen-bond donors (Lipinski definition) is 1. The Balaban J connectivity index is 2.77. The van der Waals surface area contributed by atoms with Gasteiger partial charge in [0.2, 0.25) is 0 Å². The second-order valence-corrected chi connectivity index (χ2v) is 6.67. The van der Waals surface area contributed by atoms with E-state index in [2.05, 4.69) is 4.98 Å². The molecule has 0 aliphatic heterocycles. The fourth-order valence-corrected chi connectivity index (χ4v) is 2.01.